The van der Waals surface area contributed by atoms with E-state index >= 15 is 0 Å². The van der Waals surface area contributed by atoms with Gasteiger partial charge in [0.2, 0.25) is 0 Å². The fraction of sp³-hybridized carbons (Fsp3) is 0.600. The van der Waals surface area contributed by atoms with Gasteiger partial charge >= 0.3 is 11.9 Å². The van der Waals surface area contributed by atoms with E-state index in [1.165, 1.54) is 0 Å². The predicted molar refractivity (Wildman–Crippen MR) is 94.4 cm³/mol. The summed E-state index contributed by atoms with van der Waals surface area (Å²) in [5.74, 6) is -0.201. The molecule has 0 fully saturated rings. The summed E-state index contributed by atoms with van der Waals surface area (Å²) in [5.41, 5.74) is 0.996. The molecule has 0 spiro atoms. The third-order valence-corrected chi connectivity index (χ3v) is 4.01. The molecular formula is C20H30O4. The molecule has 2 unspecified atom stereocenters. The second kappa shape index (κ2) is 10.8. The molecule has 0 aromatic heterocycles. The SMILES string of the molecule is CCC(OC(=O)CCCC(=O)OC(CC)C(C)C)c1ccccc1. The van der Waals surface area contributed by atoms with Crippen molar-refractivity contribution in [3.63, 3.8) is 0 Å². The van der Waals surface area contributed by atoms with Gasteiger partial charge in [-0.15, -0.1) is 0 Å². The summed E-state index contributed by atoms with van der Waals surface area (Å²) in [6.45, 7) is 8.06. The van der Waals surface area contributed by atoms with Gasteiger partial charge in [-0.25, -0.2) is 0 Å². The van der Waals surface area contributed by atoms with Crippen molar-refractivity contribution in [3.05, 3.63) is 35.9 Å². The van der Waals surface area contributed by atoms with Crippen molar-refractivity contribution >= 4 is 11.9 Å². The van der Waals surface area contributed by atoms with Crippen molar-refractivity contribution in [1.29, 1.82) is 0 Å². The quantitative estimate of drug-likeness (QED) is 0.575. The molecule has 4 nitrogen and oxygen atoms in total. The van der Waals surface area contributed by atoms with E-state index in [-0.39, 0.29) is 37.0 Å². The molecule has 1 aromatic rings. The maximum atomic E-state index is 12.0. The molecule has 0 amide bonds. The van der Waals surface area contributed by atoms with Crippen LogP contribution in [0.3, 0.4) is 0 Å². The highest BCUT2D eigenvalue weighted by molar-refractivity contribution is 5.72. The van der Waals surface area contributed by atoms with Crippen LogP contribution in [0.25, 0.3) is 0 Å². The summed E-state index contributed by atoms with van der Waals surface area (Å²) in [7, 11) is 0. The highest BCUT2D eigenvalue weighted by Crippen LogP contribution is 2.21. The van der Waals surface area contributed by atoms with Crippen molar-refractivity contribution in [2.45, 2.75) is 72.0 Å². The number of benzene rings is 1. The van der Waals surface area contributed by atoms with Crippen LogP contribution in [0.15, 0.2) is 30.3 Å². The van der Waals surface area contributed by atoms with Gasteiger partial charge in [0.05, 0.1) is 0 Å². The lowest BCUT2D eigenvalue weighted by Gasteiger charge is -2.19. The van der Waals surface area contributed by atoms with Gasteiger partial charge in [0, 0.05) is 12.8 Å². The van der Waals surface area contributed by atoms with E-state index in [2.05, 4.69) is 0 Å². The van der Waals surface area contributed by atoms with Crippen LogP contribution in [-0.4, -0.2) is 18.0 Å². The monoisotopic (exact) mass is 334 g/mol. The van der Waals surface area contributed by atoms with E-state index in [1.54, 1.807) is 0 Å². The highest BCUT2D eigenvalue weighted by atomic mass is 16.5. The molecule has 1 aromatic carbocycles. The topological polar surface area (TPSA) is 52.6 Å². The minimum atomic E-state index is -0.269. The van der Waals surface area contributed by atoms with Crippen LogP contribution in [0.5, 0.6) is 0 Å². The Balaban J connectivity index is 2.34. The zero-order valence-corrected chi connectivity index (χ0v) is 15.3. The summed E-state index contributed by atoms with van der Waals surface area (Å²) < 4.78 is 10.9. The molecule has 0 heterocycles. The highest BCUT2D eigenvalue weighted by Gasteiger charge is 2.18. The molecule has 2 atom stereocenters. The lowest BCUT2D eigenvalue weighted by atomic mass is 10.1. The van der Waals surface area contributed by atoms with Crippen molar-refractivity contribution in [2.24, 2.45) is 5.92 Å². The summed E-state index contributed by atoms with van der Waals surface area (Å²) in [6, 6.07) is 9.71. The Morgan fingerprint density at radius 3 is 2.00 bits per heavy atom. The minimum absolute atomic E-state index is 0.0491. The smallest absolute Gasteiger partial charge is 0.306 e. The van der Waals surface area contributed by atoms with E-state index in [4.69, 9.17) is 9.47 Å². The normalized spacial score (nSPS) is 13.4. The van der Waals surface area contributed by atoms with E-state index in [0.717, 1.165) is 18.4 Å². The fourth-order valence-corrected chi connectivity index (χ4v) is 2.57. The van der Waals surface area contributed by atoms with Crippen LogP contribution in [-0.2, 0) is 19.1 Å². The minimum Gasteiger partial charge on any atom is -0.462 e. The third kappa shape index (κ3) is 7.16. The largest absolute Gasteiger partial charge is 0.462 e. The zero-order valence-electron chi connectivity index (χ0n) is 15.3. The summed E-state index contributed by atoms with van der Waals surface area (Å²) in [4.78, 5) is 23.8. The average Bonchev–Trinajstić information content (AvgIpc) is 2.58. The van der Waals surface area contributed by atoms with Crippen molar-refractivity contribution in [2.75, 3.05) is 0 Å². The number of hydrogen-bond donors (Lipinski definition) is 0. The first kappa shape index (κ1) is 20.2. The van der Waals surface area contributed by atoms with Crippen molar-refractivity contribution < 1.29 is 19.1 Å². The number of ether oxygens (including phenoxy) is 2. The van der Waals surface area contributed by atoms with E-state index in [1.807, 2.05) is 58.0 Å². The van der Waals surface area contributed by atoms with Crippen LogP contribution < -0.4 is 0 Å². The first-order chi connectivity index (χ1) is 11.5. The number of esters is 2. The Kier molecular flexibility index (Phi) is 9.13. The molecule has 0 saturated heterocycles. The Labute approximate surface area is 145 Å². The van der Waals surface area contributed by atoms with E-state index < -0.39 is 0 Å². The number of hydrogen-bond acceptors (Lipinski definition) is 4. The Morgan fingerprint density at radius 1 is 0.917 bits per heavy atom. The van der Waals surface area contributed by atoms with Crippen molar-refractivity contribution in [1.82, 2.24) is 0 Å². The molecular weight excluding hydrogens is 304 g/mol. The lowest BCUT2D eigenvalue weighted by Crippen LogP contribution is -2.22. The van der Waals surface area contributed by atoms with Gasteiger partial charge in [-0.05, 0) is 30.7 Å². The van der Waals surface area contributed by atoms with Gasteiger partial charge in [0.25, 0.3) is 0 Å². The van der Waals surface area contributed by atoms with Crippen LogP contribution in [0.2, 0.25) is 0 Å². The Bertz CT molecular complexity index is 496. The number of carbonyl (C=O) groups is 2. The lowest BCUT2D eigenvalue weighted by molar-refractivity contribution is -0.152. The fourth-order valence-electron chi connectivity index (χ4n) is 2.57. The molecule has 0 saturated carbocycles. The number of rotatable bonds is 10. The summed E-state index contributed by atoms with van der Waals surface area (Å²) in [5, 5.41) is 0. The van der Waals surface area contributed by atoms with Gasteiger partial charge in [-0.2, -0.15) is 0 Å². The molecule has 0 aliphatic carbocycles. The maximum Gasteiger partial charge on any atom is 0.306 e. The first-order valence-electron chi connectivity index (χ1n) is 8.91. The second-order valence-corrected chi connectivity index (χ2v) is 6.33. The zero-order chi connectivity index (χ0) is 17.9. The molecule has 0 radical (unpaired) electrons. The Morgan fingerprint density at radius 2 is 1.50 bits per heavy atom. The van der Waals surface area contributed by atoms with Crippen LogP contribution in [0, 0.1) is 5.92 Å². The molecule has 0 bridgehead atoms. The van der Waals surface area contributed by atoms with Crippen LogP contribution in [0.1, 0.15) is 71.5 Å². The molecule has 4 heteroatoms. The van der Waals surface area contributed by atoms with Gasteiger partial charge in [-0.1, -0.05) is 58.0 Å². The second-order valence-electron chi connectivity index (χ2n) is 6.33. The molecule has 1 rings (SSSR count). The predicted octanol–water partition coefficient (Wildman–Crippen LogP) is 4.83. The number of carbonyl (C=O) groups excluding carboxylic acids is 2. The van der Waals surface area contributed by atoms with E-state index in [9.17, 15) is 9.59 Å². The molecule has 0 aliphatic heterocycles. The average molecular weight is 334 g/mol. The van der Waals surface area contributed by atoms with Gasteiger partial charge in [0.15, 0.2) is 0 Å². The molecule has 24 heavy (non-hydrogen) atoms. The first-order valence-corrected chi connectivity index (χ1v) is 8.91. The Hall–Kier alpha value is -1.84. The van der Waals surface area contributed by atoms with Crippen LogP contribution >= 0.6 is 0 Å². The summed E-state index contributed by atoms with van der Waals surface area (Å²) >= 11 is 0. The van der Waals surface area contributed by atoms with Crippen molar-refractivity contribution in [3.8, 4) is 0 Å². The third-order valence-electron chi connectivity index (χ3n) is 4.01. The maximum absolute atomic E-state index is 12.0. The van der Waals surface area contributed by atoms with Gasteiger partial charge < -0.3 is 9.47 Å². The van der Waals surface area contributed by atoms with Gasteiger partial charge in [-0.3, -0.25) is 9.59 Å². The summed E-state index contributed by atoms with van der Waals surface area (Å²) in [6.07, 6.45) is 2.20. The molecule has 0 N–H and O–H groups in total. The molecule has 134 valence electrons. The molecule has 0 aliphatic rings. The standard InChI is InChI=1S/C20H30O4/c1-5-17(15(3)4)23-19(21)13-10-14-20(22)24-18(6-2)16-11-8-7-9-12-16/h7-9,11-12,15,17-18H,5-6,10,13-14H2,1-4H3. The van der Waals surface area contributed by atoms with E-state index in [0.29, 0.717) is 12.3 Å². The van der Waals surface area contributed by atoms with Gasteiger partial charge in [0.1, 0.15) is 12.2 Å². The van der Waals surface area contributed by atoms with Crippen LogP contribution in [0.4, 0.5) is 0 Å².